The number of hydrogen-bond acceptors (Lipinski definition) is 4. The number of anilines is 1. The Morgan fingerprint density at radius 1 is 1.44 bits per heavy atom. The molecule has 0 aliphatic carbocycles. The third-order valence-electron chi connectivity index (χ3n) is 3.28. The first kappa shape index (κ1) is 10.1. The van der Waals surface area contributed by atoms with E-state index in [1.165, 1.54) is 22.9 Å². The smallest absolute Gasteiger partial charge is 0.150 e. The highest BCUT2D eigenvalue weighted by molar-refractivity contribution is 7.13. The van der Waals surface area contributed by atoms with Gasteiger partial charge in [0.15, 0.2) is 0 Å². The second-order valence-corrected chi connectivity index (χ2v) is 5.03. The summed E-state index contributed by atoms with van der Waals surface area (Å²) in [6, 6.07) is 8.90. The van der Waals surface area contributed by atoms with Crippen molar-refractivity contribution >= 4 is 27.4 Å². The Balaban J connectivity index is 2.05. The monoisotopic (exact) mass is 233 g/mol. The number of fused-ring (bicyclic) bond motifs is 1. The van der Waals surface area contributed by atoms with E-state index in [0.717, 1.165) is 18.9 Å². The molecule has 1 aromatic heterocycles. The molecule has 16 heavy (non-hydrogen) atoms. The van der Waals surface area contributed by atoms with E-state index in [9.17, 15) is 0 Å². The zero-order valence-corrected chi connectivity index (χ0v) is 9.91. The van der Waals surface area contributed by atoms with Crippen molar-refractivity contribution in [3.8, 4) is 0 Å². The predicted octanol–water partition coefficient (Wildman–Crippen LogP) is 2.22. The summed E-state index contributed by atoms with van der Waals surface area (Å²) in [5, 5.41) is 1.27. The molecule has 1 aromatic carbocycles. The van der Waals surface area contributed by atoms with Crippen LogP contribution in [0, 0.1) is 0 Å². The Labute approximate surface area is 99.0 Å². The van der Waals surface area contributed by atoms with Gasteiger partial charge in [-0.15, -0.1) is 0 Å². The van der Waals surface area contributed by atoms with Gasteiger partial charge in [0.1, 0.15) is 5.82 Å². The van der Waals surface area contributed by atoms with Crippen molar-refractivity contribution < 1.29 is 0 Å². The van der Waals surface area contributed by atoms with Crippen LogP contribution in [0.1, 0.15) is 12.8 Å². The SMILES string of the molecule is NC[C@H]1CCCN1c1nsc2ccccc12. The lowest BCUT2D eigenvalue weighted by molar-refractivity contribution is 0.675. The highest BCUT2D eigenvalue weighted by atomic mass is 32.1. The Morgan fingerprint density at radius 2 is 2.31 bits per heavy atom. The standard InChI is InChI=1S/C12H15N3S/c13-8-9-4-3-7-15(9)12-10-5-1-2-6-11(10)16-14-12/h1-2,5-6,9H,3-4,7-8,13H2/t9-/m1/s1. The number of aromatic nitrogens is 1. The van der Waals surface area contributed by atoms with Crippen molar-refractivity contribution in [3.05, 3.63) is 24.3 Å². The molecule has 2 aromatic rings. The van der Waals surface area contributed by atoms with Crippen LogP contribution < -0.4 is 10.6 Å². The lowest BCUT2D eigenvalue weighted by Gasteiger charge is -2.23. The van der Waals surface area contributed by atoms with Gasteiger partial charge in [-0.2, -0.15) is 4.37 Å². The van der Waals surface area contributed by atoms with Crippen molar-refractivity contribution in [1.29, 1.82) is 0 Å². The summed E-state index contributed by atoms with van der Waals surface area (Å²) in [5.41, 5.74) is 5.81. The van der Waals surface area contributed by atoms with Crippen LogP contribution >= 0.6 is 11.5 Å². The van der Waals surface area contributed by atoms with Gasteiger partial charge in [0.05, 0.1) is 4.70 Å². The molecule has 0 unspecified atom stereocenters. The van der Waals surface area contributed by atoms with Crippen LogP contribution in [0.3, 0.4) is 0 Å². The lowest BCUT2D eigenvalue weighted by atomic mass is 10.2. The maximum atomic E-state index is 5.81. The Morgan fingerprint density at radius 3 is 3.19 bits per heavy atom. The summed E-state index contributed by atoms with van der Waals surface area (Å²) in [7, 11) is 0. The van der Waals surface area contributed by atoms with E-state index in [2.05, 4.69) is 33.5 Å². The van der Waals surface area contributed by atoms with Crippen LogP contribution in [0.5, 0.6) is 0 Å². The van der Waals surface area contributed by atoms with E-state index >= 15 is 0 Å². The van der Waals surface area contributed by atoms with E-state index < -0.39 is 0 Å². The van der Waals surface area contributed by atoms with E-state index in [4.69, 9.17) is 5.73 Å². The predicted molar refractivity (Wildman–Crippen MR) is 69.0 cm³/mol. The minimum absolute atomic E-state index is 0.477. The molecule has 4 heteroatoms. The molecular formula is C12H15N3S. The fourth-order valence-corrected chi connectivity index (χ4v) is 3.22. The zero-order chi connectivity index (χ0) is 11.0. The number of rotatable bonds is 2. The summed E-state index contributed by atoms with van der Waals surface area (Å²) in [6.07, 6.45) is 2.43. The van der Waals surface area contributed by atoms with Crippen LogP contribution in [0.2, 0.25) is 0 Å². The molecule has 2 heterocycles. The first-order valence-corrected chi connectivity index (χ1v) is 6.48. The minimum Gasteiger partial charge on any atom is -0.351 e. The highest BCUT2D eigenvalue weighted by Gasteiger charge is 2.26. The van der Waals surface area contributed by atoms with Crippen molar-refractivity contribution in [2.75, 3.05) is 18.0 Å². The number of hydrogen-bond donors (Lipinski definition) is 1. The van der Waals surface area contributed by atoms with Gasteiger partial charge in [0, 0.05) is 24.5 Å². The second kappa shape index (κ2) is 4.03. The summed E-state index contributed by atoms with van der Waals surface area (Å²) >= 11 is 1.58. The second-order valence-electron chi connectivity index (χ2n) is 4.23. The van der Waals surface area contributed by atoms with Crippen molar-refractivity contribution in [2.45, 2.75) is 18.9 Å². The molecule has 1 fully saturated rings. The Kier molecular flexibility index (Phi) is 2.53. The molecule has 1 aliphatic heterocycles. The van der Waals surface area contributed by atoms with Gasteiger partial charge in [-0.1, -0.05) is 12.1 Å². The topological polar surface area (TPSA) is 42.1 Å². The molecule has 1 atom stereocenters. The van der Waals surface area contributed by atoms with Gasteiger partial charge >= 0.3 is 0 Å². The Hall–Kier alpha value is -1.13. The number of benzene rings is 1. The average molecular weight is 233 g/mol. The summed E-state index contributed by atoms with van der Waals surface area (Å²) in [6.45, 7) is 1.82. The molecule has 84 valence electrons. The minimum atomic E-state index is 0.477. The van der Waals surface area contributed by atoms with Gasteiger partial charge in [-0.25, -0.2) is 0 Å². The van der Waals surface area contributed by atoms with E-state index in [-0.39, 0.29) is 0 Å². The molecule has 0 radical (unpaired) electrons. The summed E-state index contributed by atoms with van der Waals surface area (Å²) in [5.74, 6) is 1.13. The van der Waals surface area contributed by atoms with Gasteiger partial charge < -0.3 is 10.6 Å². The fourth-order valence-electron chi connectivity index (χ4n) is 2.44. The number of nitrogens with zero attached hydrogens (tertiary/aromatic N) is 2. The maximum absolute atomic E-state index is 5.81. The average Bonchev–Trinajstić information content (AvgIpc) is 2.94. The molecule has 2 N–H and O–H groups in total. The van der Waals surface area contributed by atoms with Crippen LogP contribution in [0.4, 0.5) is 5.82 Å². The first-order chi connectivity index (χ1) is 7.90. The molecule has 1 aliphatic rings. The third kappa shape index (κ3) is 1.49. The zero-order valence-electron chi connectivity index (χ0n) is 9.10. The van der Waals surface area contributed by atoms with Crippen molar-refractivity contribution in [3.63, 3.8) is 0 Å². The summed E-state index contributed by atoms with van der Waals surface area (Å²) in [4.78, 5) is 2.37. The molecule has 0 amide bonds. The third-order valence-corrected chi connectivity index (χ3v) is 4.10. The van der Waals surface area contributed by atoms with Gasteiger partial charge in [0.2, 0.25) is 0 Å². The van der Waals surface area contributed by atoms with Crippen molar-refractivity contribution in [2.24, 2.45) is 5.73 Å². The van der Waals surface area contributed by atoms with Gasteiger partial charge in [-0.3, -0.25) is 0 Å². The van der Waals surface area contributed by atoms with Crippen LogP contribution in [0.25, 0.3) is 10.1 Å². The van der Waals surface area contributed by atoms with Crippen LogP contribution in [-0.4, -0.2) is 23.5 Å². The molecule has 3 rings (SSSR count). The van der Waals surface area contributed by atoms with Crippen molar-refractivity contribution in [1.82, 2.24) is 4.37 Å². The van der Waals surface area contributed by atoms with Gasteiger partial charge in [0.25, 0.3) is 0 Å². The maximum Gasteiger partial charge on any atom is 0.150 e. The largest absolute Gasteiger partial charge is 0.351 e. The van der Waals surface area contributed by atoms with Crippen LogP contribution in [0.15, 0.2) is 24.3 Å². The highest BCUT2D eigenvalue weighted by Crippen LogP contribution is 2.33. The first-order valence-electron chi connectivity index (χ1n) is 5.71. The molecular weight excluding hydrogens is 218 g/mol. The summed E-state index contributed by atoms with van der Waals surface area (Å²) < 4.78 is 5.85. The van der Waals surface area contributed by atoms with E-state index in [1.807, 2.05) is 0 Å². The number of nitrogens with two attached hydrogens (primary N) is 1. The molecule has 1 saturated heterocycles. The molecule has 3 nitrogen and oxygen atoms in total. The Bertz CT molecular complexity index is 494. The van der Waals surface area contributed by atoms with E-state index in [0.29, 0.717) is 6.04 Å². The molecule has 0 spiro atoms. The quantitative estimate of drug-likeness (QED) is 0.865. The molecule has 0 saturated carbocycles. The lowest BCUT2D eigenvalue weighted by Crippen LogP contribution is -2.35. The normalized spacial score (nSPS) is 20.8. The van der Waals surface area contributed by atoms with E-state index in [1.54, 1.807) is 11.5 Å². The van der Waals surface area contributed by atoms with Crippen LogP contribution in [-0.2, 0) is 0 Å². The molecule has 0 bridgehead atoms. The fraction of sp³-hybridized carbons (Fsp3) is 0.417. The van der Waals surface area contributed by atoms with Gasteiger partial charge in [-0.05, 0) is 36.5 Å².